The minimum atomic E-state index is -4.54. The lowest BCUT2D eigenvalue weighted by Crippen LogP contribution is -2.57. The Hall–Kier alpha value is -2.09. The first kappa shape index (κ1) is 21.2. The van der Waals surface area contributed by atoms with Crippen molar-refractivity contribution in [2.45, 2.75) is 63.4 Å². The van der Waals surface area contributed by atoms with Crippen molar-refractivity contribution >= 4 is 11.8 Å². The van der Waals surface area contributed by atoms with Gasteiger partial charge in [-0.15, -0.1) is 0 Å². The number of amides is 2. The average molecular weight is 424 g/mol. The fourth-order valence-electron chi connectivity index (χ4n) is 5.11. The van der Waals surface area contributed by atoms with Gasteiger partial charge in [-0.1, -0.05) is 19.4 Å². The number of alkyl halides is 3. The third-order valence-electron chi connectivity index (χ3n) is 6.55. The summed E-state index contributed by atoms with van der Waals surface area (Å²) >= 11 is 0. The first-order chi connectivity index (χ1) is 14.2. The van der Waals surface area contributed by atoms with Crippen LogP contribution in [0.1, 0.15) is 61.4 Å². The summed E-state index contributed by atoms with van der Waals surface area (Å²) in [5.41, 5.74) is -1.86. The summed E-state index contributed by atoms with van der Waals surface area (Å²) in [5.74, 6) is -0.427. The van der Waals surface area contributed by atoms with Crippen LogP contribution in [-0.2, 0) is 15.7 Å². The lowest BCUT2D eigenvalue weighted by atomic mass is 9.83. The summed E-state index contributed by atoms with van der Waals surface area (Å²) in [4.78, 5) is 30.0. The van der Waals surface area contributed by atoms with Crippen LogP contribution < -0.4 is 0 Å². The molecule has 30 heavy (non-hydrogen) atoms. The zero-order chi connectivity index (χ0) is 21.5. The Morgan fingerprint density at radius 1 is 1.17 bits per heavy atom. The molecular weight excluding hydrogens is 397 g/mol. The number of likely N-dealkylation sites (tertiary alicyclic amines) is 1. The molecule has 8 heteroatoms. The van der Waals surface area contributed by atoms with Gasteiger partial charge in [-0.2, -0.15) is 13.2 Å². The molecule has 4 rings (SSSR count). The van der Waals surface area contributed by atoms with Crippen LogP contribution >= 0.6 is 0 Å². The highest BCUT2D eigenvalue weighted by Crippen LogP contribution is 2.44. The van der Waals surface area contributed by atoms with Gasteiger partial charge in [0.1, 0.15) is 11.8 Å². The van der Waals surface area contributed by atoms with Gasteiger partial charge in [-0.25, -0.2) is 0 Å². The highest BCUT2D eigenvalue weighted by atomic mass is 19.4. The summed E-state index contributed by atoms with van der Waals surface area (Å²) in [6.07, 6.45) is 0.318. The molecule has 2 heterocycles. The smallest absolute Gasteiger partial charge is 0.353 e. The Morgan fingerprint density at radius 2 is 1.90 bits per heavy atom. The Kier molecular flexibility index (Phi) is 5.55. The molecule has 3 atom stereocenters. The van der Waals surface area contributed by atoms with Crippen LogP contribution in [0.15, 0.2) is 24.3 Å². The van der Waals surface area contributed by atoms with Crippen molar-refractivity contribution in [2.75, 3.05) is 19.7 Å². The molecule has 0 N–H and O–H groups in total. The van der Waals surface area contributed by atoms with Crippen LogP contribution in [-0.4, -0.2) is 53.1 Å². The van der Waals surface area contributed by atoms with E-state index in [0.29, 0.717) is 31.8 Å². The Balaban J connectivity index is 1.70. The van der Waals surface area contributed by atoms with E-state index in [9.17, 15) is 22.8 Å². The molecule has 3 fully saturated rings. The number of benzene rings is 1. The van der Waals surface area contributed by atoms with Gasteiger partial charge in [-0.05, 0) is 56.2 Å². The van der Waals surface area contributed by atoms with E-state index in [2.05, 4.69) is 6.92 Å². The molecule has 0 bridgehead atoms. The van der Waals surface area contributed by atoms with E-state index in [1.165, 1.54) is 17.0 Å². The van der Waals surface area contributed by atoms with Gasteiger partial charge in [0.2, 0.25) is 5.91 Å². The molecule has 1 aliphatic carbocycles. The van der Waals surface area contributed by atoms with Crippen molar-refractivity contribution in [1.29, 1.82) is 0 Å². The molecule has 1 saturated carbocycles. The van der Waals surface area contributed by atoms with E-state index < -0.39 is 29.4 Å². The van der Waals surface area contributed by atoms with Crippen molar-refractivity contribution in [3.05, 3.63) is 35.4 Å². The third-order valence-corrected chi connectivity index (χ3v) is 6.55. The summed E-state index contributed by atoms with van der Waals surface area (Å²) in [6.45, 7) is 3.45. The SMILES string of the molecule is C[C@H]1CCC[C@]2(C1)OC[C@@H](C(=O)N1CCCC1)N2C(=O)c1cccc(C(F)(F)F)c1. The van der Waals surface area contributed by atoms with Crippen LogP contribution in [0.4, 0.5) is 13.2 Å². The van der Waals surface area contributed by atoms with Crippen LogP contribution in [0.25, 0.3) is 0 Å². The standard InChI is InChI=1S/C22H27F3N2O3/c1-15-6-5-9-21(13-15)27(18(14-30-21)20(29)26-10-2-3-11-26)19(28)16-7-4-8-17(12-16)22(23,24)25/h4,7-8,12,15,18H,2-3,5-6,9-11,13-14H2,1H3/t15-,18-,21+/m0/s1. The number of carbonyl (C=O) groups is 2. The van der Waals surface area contributed by atoms with Gasteiger partial charge in [0.15, 0.2) is 0 Å². The predicted octanol–water partition coefficient (Wildman–Crippen LogP) is 4.08. The zero-order valence-corrected chi connectivity index (χ0v) is 17.1. The largest absolute Gasteiger partial charge is 0.416 e. The number of rotatable bonds is 2. The van der Waals surface area contributed by atoms with E-state index >= 15 is 0 Å². The van der Waals surface area contributed by atoms with E-state index in [-0.39, 0.29) is 18.1 Å². The molecule has 0 unspecified atom stereocenters. The molecule has 2 saturated heterocycles. The predicted molar refractivity (Wildman–Crippen MR) is 104 cm³/mol. The maximum absolute atomic E-state index is 13.5. The van der Waals surface area contributed by atoms with Crippen molar-refractivity contribution in [3.63, 3.8) is 0 Å². The van der Waals surface area contributed by atoms with Crippen molar-refractivity contribution in [1.82, 2.24) is 9.80 Å². The highest BCUT2D eigenvalue weighted by Gasteiger charge is 2.54. The van der Waals surface area contributed by atoms with Gasteiger partial charge in [0, 0.05) is 18.7 Å². The maximum atomic E-state index is 13.5. The van der Waals surface area contributed by atoms with E-state index in [4.69, 9.17) is 4.74 Å². The summed E-state index contributed by atoms with van der Waals surface area (Å²) in [5, 5.41) is 0. The first-order valence-electron chi connectivity index (χ1n) is 10.6. The second-order valence-corrected chi connectivity index (χ2v) is 8.76. The lowest BCUT2D eigenvalue weighted by molar-refractivity contribution is -0.138. The molecule has 2 aliphatic heterocycles. The van der Waals surface area contributed by atoms with Crippen molar-refractivity contribution in [3.8, 4) is 0 Å². The van der Waals surface area contributed by atoms with Gasteiger partial charge >= 0.3 is 6.18 Å². The zero-order valence-electron chi connectivity index (χ0n) is 17.1. The molecule has 2 amide bonds. The molecule has 1 spiro atoms. The number of hydrogen-bond acceptors (Lipinski definition) is 3. The van der Waals surface area contributed by atoms with Gasteiger partial charge in [-0.3, -0.25) is 14.5 Å². The second kappa shape index (κ2) is 7.87. The summed E-state index contributed by atoms with van der Waals surface area (Å²) in [6, 6.07) is 3.64. The fraction of sp³-hybridized carbons (Fsp3) is 0.636. The Morgan fingerprint density at radius 3 is 2.57 bits per heavy atom. The Bertz CT molecular complexity index is 822. The highest BCUT2D eigenvalue weighted by molar-refractivity contribution is 5.98. The molecule has 0 radical (unpaired) electrons. The van der Waals surface area contributed by atoms with Gasteiger partial charge in [0.25, 0.3) is 5.91 Å². The molecule has 0 aromatic heterocycles. The molecule has 1 aromatic rings. The minimum Gasteiger partial charge on any atom is -0.353 e. The lowest BCUT2D eigenvalue weighted by Gasteiger charge is -2.43. The van der Waals surface area contributed by atoms with E-state index in [1.807, 2.05) is 0 Å². The Labute approximate surface area is 174 Å². The van der Waals surface area contributed by atoms with Crippen LogP contribution in [0.3, 0.4) is 0 Å². The number of carbonyl (C=O) groups excluding carboxylic acids is 2. The fourth-order valence-corrected chi connectivity index (χ4v) is 5.11. The molecule has 1 aromatic carbocycles. The van der Waals surface area contributed by atoms with E-state index in [0.717, 1.165) is 37.8 Å². The first-order valence-corrected chi connectivity index (χ1v) is 10.6. The van der Waals surface area contributed by atoms with Crippen LogP contribution in [0.5, 0.6) is 0 Å². The normalized spacial score (nSPS) is 29.6. The number of nitrogens with zero attached hydrogens (tertiary/aromatic N) is 2. The summed E-state index contributed by atoms with van der Waals surface area (Å²) < 4.78 is 45.8. The quantitative estimate of drug-likeness (QED) is 0.719. The average Bonchev–Trinajstić information content (AvgIpc) is 3.35. The topological polar surface area (TPSA) is 49.9 Å². The van der Waals surface area contributed by atoms with Crippen molar-refractivity contribution in [2.24, 2.45) is 5.92 Å². The molecular formula is C22H27F3N2O3. The van der Waals surface area contributed by atoms with Gasteiger partial charge in [0.05, 0.1) is 12.2 Å². The molecule has 3 aliphatic rings. The van der Waals surface area contributed by atoms with Crippen LogP contribution in [0, 0.1) is 5.92 Å². The maximum Gasteiger partial charge on any atom is 0.416 e. The second-order valence-electron chi connectivity index (χ2n) is 8.76. The minimum absolute atomic E-state index is 0.0628. The number of halogens is 3. The van der Waals surface area contributed by atoms with Crippen LogP contribution in [0.2, 0.25) is 0 Å². The number of ether oxygens (including phenoxy) is 1. The molecule has 164 valence electrons. The van der Waals surface area contributed by atoms with Crippen molar-refractivity contribution < 1.29 is 27.5 Å². The van der Waals surface area contributed by atoms with Gasteiger partial charge < -0.3 is 9.64 Å². The van der Waals surface area contributed by atoms with E-state index in [1.54, 1.807) is 4.90 Å². The molecule has 5 nitrogen and oxygen atoms in total. The number of hydrogen-bond donors (Lipinski definition) is 0. The third kappa shape index (κ3) is 3.82. The monoisotopic (exact) mass is 424 g/mol. The summed E-state index contributed by atoms with van der Waals surface area (Å²) in [7, 11) is 0.